The molecule has 25 heavy (non-hydrogen) atoms. The van der Waals surface area contributed by atoms with E-state index in [2.05, 4.69) is 0 Å². The maximum Gasteiger partial charge on any atom is 0.439 e. The van der Waals surface area contributed by atoms with Gasteiger partial charge in [0.15, 0.2) is 0 Å². The number of nitrogens with one attached hydrogen (secondary N) is 2. The van der Waals surface area contributed by atoms with Gasteiger partial charge in [-0.05, 0) is 30.0 Å². The van der Waals surface area contributed by atoms with Gasteiger partial charge in [0, 0.05) is 12.1 Å². The van der Waals surface area contributed by atoms with Gasteiger partial charge in [-0.15, -0.1) is 0 Å². The molecule has 0 aliphatic heterocycles. The van der Waals surface area contributed by atoms with Crippen molar-refractivity contribution in [3.05, 3.63) is 29.8 Å². The van der Waals surface area contributed by atoms with Gasteiger partial charge in [-0.2, -0.15) is 26.3 Å². The average Bonchev–Trinajstić information content (AvgIpc) is 2.44. The second kappa shape index (κ2) is 7.53. The van der Waals surface area contributed by atoms with Gasteiger partial charge in [0.25, 0.3) is 0 Å². The van der Waals surface area contributed by atoms with Crippen molar-refractivity contribution in [1.29, 1.82) is 0 Å². The molecule has 1 aromatic carbocycles. The summed E-state index contributed by atoms with van der Waals surface area (Å²) >= 11 is 0. The van der Waals surface area contributed by atoms with E-state index in [9.17, 15) is 31.1 Å². The lowest BCUT2D eigenvalue weighted by Gasteiger charge is -2.39. The quantitative estimate of drug-likeness (QED) is 0.549. The van der Waals surface area contributed by atoms with Crippen LogP contribution in [0.25, 0.3) is 0 Å². The first-order chi connectivity index (χ1) is 11.3. The minimum Gasteiger partial charge on any atom is -0.348 e. The number of benzene rings is 1. The molecule has 1 amide bonds. The van der Waals surface area contributed by atoms with Gasteiger partial charge in [0.2, 0.25) is 5.91 Å². The minimum atomic E-state index is -5.80. The van der Waals surface area contributed by atoms with E-state index in [0.717, 1.165) is 23.0 Å². The summed E-state index contributed by atoms with van der Waals surface area (Å²) in [6.45, 7) is 5.15. The molecule has 0 bridgehead atoms. The summed E-state index contributed by atoms with van der Waals surface area (Å²) in [5.74, 6) is -1.28. The van der Waals surface area contributed by atoms with Crippen LogP contribution in [-0.4, -0.2) is 23.9 Å². The van der Waals surface area contributed by atoms with Gasteiger partial charge in [-0.1, -0.05) is 32.9 Å². The van der Waals surface area contributed by atoms with Crippen LogP contribution < -0.4 is 10.6 Å². The minimum absolute atomic E-state index is 0.0632. The van der Waals surface area contributed by atoms with Crippen molar-refractivity contribution in [2.24, 2.45) is 0 Å². The predicted octanol–water partition coefficient (Wildman–Crippen LogP) is 4.96. The number of carbonyl (C=O) groups is 1. The maximum absolute atomic E-state index is 13.4. The highest BCUT2D eigenvalue weighted by molar-refractivity contribution is 5.77. The molecule has 0 unspecified atom stereocenters. The second-order valence-corrected chi connectivity index (χ2v) is 5.95. The highest BCUT2D eigenvalue weighted by Crippen LogP contribution is 2.43. The summed E-state index contributed by atoms with van der Waals surface area (Å²) in [5.41, 5.74) is -4.22. The third kappa shape index (κ3) is 4.79. The molecule has 0 fully saturated rings. The number of carbonyl (C=O) groups excluding carboxylic acids is 1. The summed E-state index contributed by atoms with van der Waals surface area (Å²) in [6.07, 6.45) is -11.9. The topological polar surface area (TPSA) is 41.1 Å². The van der Waals surface area contributed by atoms with Crippen LogP contribution in [0.15, 0.2) is 24.3 Å². The fraction of sp³-hybridized carbons (Fsp3) is 0.562. The Bertz CT molecular complexity index is 564. The molecule has 0 atom stereocenters. The first kappa shape index (κ1) is 21.1. The number of rotatable bonds is 6. The standard InChI is InChI=1S/C16H20F6N2O/c1-4-5-13(25)24-14(15(17,18)19,16(20,21)22)23-12-8-6-11(7-9-12)10(2)3/h6-10,23H,4-5H2,1-3H3,(H,24,25). The molecule has 0 aromatic heterocycles. The van der Waals surface area contributed by atoms with E-state index < -0.39 is 36.0 Å². The fourth-order valence-electron chi connectivity index (χ4n) is 2.14. The van der Waals surface area contributed by atoms with Gasteiger partial charge < -0.3 is 10.6 Å². The van der Waals surface area contributed by atoms with E-state index in [1.54, 1.807) is 0 Å². The number of alkyl halides is 6. The zero-order valence-corrected chi connectivity index (χ0v) is 14.0. The van der Waals surface area contributed by atoms with Gasteiger partial charge in [0.05, 0.1) is 0 Å². The predicted molar refractivity (Wildman–Crippen MR) is 82.0 cm³/mol. The van der Waals surface area contributed by atoms with Crippen molar-refractivity contribution in [3.63, 3.8) is 0 Å². The lowest BCUT2D eigenvalue weighted by atomic mass is 10.0. The molecule has 0 heterocycles. The van der Waals surface area contributed by atoms with Crippen molar-refractivity contribution >= 4 is 11.6 Å². The monoisotopic (exact) mass is 370 g/mol. The Morgan fingerprint density at radius 2 is 1.48 bits per heavy atom. The van der Waals surface area contributed by atoms with E-state index in [0.29, 0.717) is 0 Å². The normalized spacial score (nSPS) is 13.0. The van der Waals surface area contributed by atoms with Gasteiger partial charge in [0.1, 0.15) is 0 Å². The van der Waals surface area contributed by atoms with E-state index in [1.807, 2.05) is 13.8 Å². The van der Waals surface area contributed by atoms with Gasteiger partial charge >= 0.3 is 18.0 Å². The molecule has 0 radical (unpaired) electrons. The van der Waals surface area contributed by atoms with Crippen molar-refractivity contribution < 1.29 is 31.1 Å². The van der Waals surface area contributed by atoms with Gasteiger partial charge in [-0.3, -0.25) is 4.79 Å². The zero-order chi connectivity index (χ0) is 19.5. The molecular formula is C16H20F6N2O. The van der Waals surface area contributed by atoms with Crippen LogP contribution in [0.1, 0.15) is 45.1 Å². The first-order valence-corrected chi connectivity index (χ1v) is 7.66. The summed E-state index contributed by atoms with van der Waals surface area (Å²) in [7, 11) is 0. The van der Waals surface area contributed by atoms with Crippen molar-refractivity contribution in [3.8, 4) is 0 Å². The second-order valence-electron chi connectivity index (χ2n) is 5.95. The van der Waals surface area contributed by atoms with E-state index in [-0.39, 0.29) is 12.3 Å². The van der Waals surface area contributed by atoms with Crippen LogP contribution in [0.5, 0.6) is 0 Å². The highest BCUT2D eigenvalue weighted by Gasteiger charge is 2.72. The first-order valence-electron chi connectivity index (χ1n) is 7.66. The largest absolute Gasteiger partial charge is 0.439 e. The lowest BCUT2D eigenvalue weighted by Crippen LogP contribution is -2.72. The number of hydrogen-bond acceptors (Lipinski definition) is 2. The van der Waals surface area contributed by atoms with Crippen LogP contribution in [0.4, 0.5) is 32.0 Å². The number of halogens is 6. The Kier molecular flexibility index (Phi) is 6.36. The molecule has 1 rings (SSSR count). The molecule has 2 N–H and O–H groups in total. The van der Waals surface area contributed by atoms with E-state index in [4.69, 9.17) is 0 Å². The molecule has 9 heteroatoms. The highest BCUT2D eigenvalue weighted by atomic mass is 19.4. The molecule has 3 nitrogen and oxygen atoms in total. The summed E-state index contributed by atoms with van der Waals surface area (Å²) in [5, 5.41) is 2.54. The number of anilines is 1. The van der Waals surface area contributed by atoms with Crippen LogP contribution in [0, 0.1) is 0 Å². The smallest absolute Gasteiger partial charge is 0.348 e. The number of amides is 1. The fourth-order valence-corrected chi connectivity index (χ4v) is 2.14. The molecule has 0 saturated carbocycles. The Labute approximate surface area is 141 Å². The molecule has 0 spiro atoms. The number of hydrogen-bond donors (Lipinski definition) is 2. The van der Waals surface area contributed by atoms with Gasteiger partial charge in [-0.25, -0.2) is 0 Å². The molecule has 0 saturated heterocycles. The van der Waals surface area contributed by atoms with Crippen LogP contribution in [0.2, 0.25) is 0 Å². The van der Waals surface area contributed by atoms with Crippen molar-refractivity contribution in [2.75, 3.05) is 5.32 Å². The van der Waals surface area contributed by atoms with E-state index in [1.165, 1.54) is 24.4 Å². The lowest BCUT2D eigenvalue weighted by molar-refractivity contribution is -0.295. The third-order valence-corrected chi connectivity index (χ3v) is 3.56. The molecular weight excluding hydrogens is 350 g/mol. The van der Waals surface area contributed by atoms with Crippen LogP contribution in [0.3, 0.4) is 0 Å². The third-order valence-electron chi connectivity index (χ3n) is 3.56. The Morgan fingerprint density at radius 3 is 1.84 bits per heavy atom. The summed E-state index contributed by atoms with van der Waals surface area (Å²) in [4.78, 5) is 11.5. The van der Waals surface area contributed by atoms with Crippen LogP contribution in [-0.2, 0) is 4.79 Å². The molecule has 0 aliphatic carbocycles. The Morgan fingerprint density at radius 1 is 1.00 bits per heavy atom. The molecule has 0 aliphatic rings. The van der Waals surface area contributed by atoms with Crippen molar-refractivity contribution in [2.45, 2.75) is 57.5 Å². The van der Waals surface area contributed by atoms with E-state index >= 15 is 0 Å². The van der Waals surface area contributed by atoms with Crippen molar-refractivity contribution in [1.82, 2.24) is 5.32 Å². The SMILES string of the molecule is CCCC(=O)NC(Nc1ccc(C(C)C)cc1)(C(F)(F)F)C(F)(F)F. The summed E-state index contributed by atoms with van der Waals surface area (Å²) in [6, 6.07) is 5.10. The maximum atomic E-state index is 13.4. The average molecular weight is 370 g/mol. The molecule has 1 aromatic rings. The summed E-state index contributed by atoms with van der Waals surface area (Å²) < 4.78 is 80.2. The van der Waals surface area contributed by atoms with Crippen LogP contribution >= 0.6 is 0 Å². The molecule has 142 valence electrons. The zero-order valence-electron chi connectivity index (χ0n) is 14.0. The Hall–Kier alpha value is -1.93. The Balaban J connectivity index is 3.31.